The lowest BCUT2D eigenvalue weighted by molar-refractivity contribution is 0.145. The summed E-state index contributed by atoms with van der Waals surface area (Å²) < 4.78 is 25.2. The summed E-state index contributed by atoms with van der Waals surface area (Å²) >= 11 is 13.0. The van der Waals surface area contributed by atoms with Crippen molar-refractivity contribution in [2.24, 2.45) is 0 Å². The lowest BCUT2D eigenvalue weighted by atomic mass is 10.2. The number of hydrogen-bond acceptors (Lipinski definition) is 1. The van der Waals surface area contributed by atoms with Crippen LogP contribution in [0.5, 0.6) is 0 Å². The van der Waals surface area contributed by atoms with Crippen LogP contribution < -0.4 is 0 Å². The second kappa shape index (κ2) is 4.70. The molecule has 1 aromatic heterocycles. The van der Waals surface area contributed by atoms with Gasteiger partial charge in [-0.15, -0.1) is 11.6 Å². The van der Waals surface area contributed by atoms with Crippen molar-refractivity contribution in [1.82, 2.24) is 4.98 Å². The van der Waals surface area contributed by atoms with Crippen molar-refractivity contribution >= 4 is 45.8 Å². The van der Waals surface area contributed by atoms with Gasteiger partial charge in [0.15, 0.2) is 0 Å². The molecule has 0 atom stereocenters. The van der Waals surface area contributed by atoms with Gasteiger partial charge in [-0.05, 0) is 28.7 Å². The Morgan fingerprint density at radius 3 is 2.62 bits per heavy atom. The molecular weight excluding hydrogens is 334 g/mol. The summed E-state index contributed by atoms with van der Waals surface area (Å²) in [5.41, 5.74) is -0.120. The lowest BCUT2D eigenvalue weighted by Crippen LogP contribution is -1.99. The van der Waals surface area contributed by atoms with Gasteiger partial charge in [-0.25, -0.2) is 13.8 Å². The molecule has 13 heavy (non-hydrogen) atoms. The Balaban J connectivity index is 3.29. The van der Waals surface area contributed by atoms with E-state index in [-0.39, 0.29) is 22.2 Å². The summed E-state index contributed by atoms with van der Waals surface area (Å²) in [6.07, 6.45) is -2.64. The van der Waals surface area contributed by atoms with Gasteiger partial charge in [0.05, 0.1) is 5.88 Å². The Kier molecular flexibility index (Phi) is 4.12. The topological polar surface area (TPSA) is 12.9 Å². The highest BCUT2D eigenvalue weighted by atomic mass is 127. The Hall–Kier alpha value is 0.320. The van der Waals surface area contributed by atoms with Gasteiger partial charge in [-0.2, -0.15) is 0 Å². The molecule has 0 saturated heterocycles. The van der Waals surface area contributed by atoms with Crippen molar-refractivity contribution < 1.29 is 8.78 Å². The highest BCUT2D eigenvalue weighted by Crippen LogP contribution is 2.29. The fourth-order valence-electron chi connectivity index (χ4n) is 0.842. The van der Waals surface area contributed by atoms with Crippen molar-refractivity contribution in [1.29, 1.82) is 0 Å². The molecule has 1 aromatic rings. The molecule has 0 radical (unpaired) electrons. The van der Waals surface area contributed by atoms with E-state index < -0.39 is 6.43 Å². The van der Waals surface area contributed by atoms with E-state index in [1.54, 1.807) is 0 Å². The van der Waals surface area contributed by atoms with Crippen LogP contribution in [-0.2, 0) is 5.88 Å². The van der Waals surface area contributed by atoms with Gasteiger partial charge >= 0.3 is 0 Å². The zero-order valence-electron chi connectivity index (χ0n) is 6.20. The Labute approximate surface area is 97.6 Å². The lowest BCUT2D eigenvalue weighted by Gasteiger charge is -2.07. The molecule has 6 heteroatoms. The van der Waals surface area contributed by atoms with E-state index in [0.29, 0.717) is 3.70 Å². The summed E-state index contributed by atoms with van der Waals surface area (Å²) in [6, 6.07) is 1.51. The molecule has 1 nitrogen and oxygen atoms in total. The molecule has 0 bridgehead atoms. The molecule has 0 unspecified atom stereocenters. The van der Waals surface area contributed by atoms with Crippen LogP contribution >= 0.6 is 45.8 Å². The summed E-state index contributed by atoms with van der Waals surface area (Å²) in [6.45, 7) is 0. The van der Waals surface area contributed by atoms with Gasteiger partial charge in [0.25, 0.3) is 6.43 Å². The summed E-state index contributed by atoms with van der Waals surface area (Å²) in [4.78, 5) is 3.67. The van der Waals surface area contributed by atoms with Crippen LogP contribution in [0.3, 0.4) is 0 Å². The molecule has 1 rings (SSSR count). The second-order valence-electron chi connectivity index (χ2n) is 2.22. The molecule has 0 saturated carbocycles. The van der Waals surface area contributed by atoms with Crippen LogP contribution in [0, 0.1) is 3.70 Å². The largest absolute Gasteiger partial charge is 0.280 e. The fraction of sp³-hybridized carbons (Fsp3) is 0.286. The molecule has 0 aromatic carbocycles. The summed E-state index contributed by atoms with van der Waals surface area (Å²) in [5, 5.41) is 0.240. The standard InChI is InChI=1S/C7H4Cl2F2IN/c8-2-3-4(9)1-5(12)13-6(3)7(10)11/h1,7H,2H2. The normalized spacial score (nSPS) is 10.9. The van der Waals surface area contributed by atoms with Crippen molar-refractivity contribution in [3.05, 3.63) is 26.0 Å². The summed E-state index contributed by atoms with van der Waals surface area (Å²) in [5.74, 6) is -0.0531. The van der Waals surface area contributed by atoms with E-state index in [1.807, 2.05) is 22.6 Å². The van der Waals surface area contributed by atoms with Crippen LogP contribution in [0.25, 0.3) is 0 Å². The van der Waals surface area contributed by atoms with Crippen molar-refractivity contribution in [3.8, 4) is 0 Å². The zero-order valence-corrected chi connectivity index (χ0v) is 9.87. The minimum absolute atomic E-state index is 0.0531. The molecule has 0 aliphatic rings. The van der Waals surface area contributed by atoms with Gasteiger partial charge in [-0.3, -0.25) is 0 Å². The van der Waals surface area contributed by atoms with E-state index >= 15 is 0 Å². The van der Waals surface area contributed by atoms with Crippen LogP contribution in [0.2, 0.25) is 5.02 Å². The molecule has 0 spiro atoms. The molecule has 1 heterocycles. The molecular formula is C7H4Cl2F2IN. The monoisotopic (exact) mass is 337 g/mol. The predicted molar refractivity (Wildman–Crippen MR) is 56.5 cm³/mol. The van der Waals surface area contributed by atoms with Crippen LogP contribution in [0.15, 0.2) is 6.07 Å². The van der Waals surface area contributed by atoms with Gasteiger partial charge in [0, 0.05) is 10.6 Å². The third-order valence-electron chi connectivity index (χ3n) is 1.41. The third-order valence-corrected chi connectivity index (χ3v) is 2.57. The van der Waals surface area contributed by atoms with Crippen LogP contribution in [-0.4, -0.2) is 4.98 Å². The number of rotatable bonds is 2. The Morgan fingerprint density at radius 2 is 2.15 bits per heavy atom. The van der Waals surface area contributed by atoms with E-state index in [1.165, 1.54) is 6.07 Å². The van der Waals surface area contributed by atoms with E-state index in [9.17, 15) is 8.78 Å². The van der Waals surface area contributed by atoms with E-state index in [4.69, 9.17) is 23.2 Å². The van der Waals surface area contributed by atoms with Crippen molar-refractivity contribution in [2.45, 2.75) is 12.3 Å². The maximum Gasteiger partial charge on any atom is 0.280 e. The number of alkyl halides is 3. The average Bonchev–Trinajstić information content (AvgIpc) is 2.02. The van der Waals surface area contributed by atoms with Crippen LogP contribution in [0.4, 0.5) is 8.78 Å². The zero-order chi connectivity index (χ0) is 10.0. The van der Waals surface area contributed by atoms with Gasteiger partial charge < -0.3 is 0 Å². The first kappa shape index (κ1) is 11.4. The molecule has 0 aliphatic carbocycles. The molecule has 0 aliphatic heterocycles. The molecule has 0 amide bonds. The Bertz CT molecular complexity index is 320. The Morgan fingerprint density at radius 1 is 1.54 bits per heavy atom. The molecule has 72 valence electrons. The first-order chi connectivity index (χ1) is 6.06. The van der Waals surface area contributed by atoms with E-state index in [0.717, 1.165) is 0 Å². The van der Waals surface area contributed by atoms with Gasteiger partial charge in [0.1, 0.15) is 9.39 Å². The van der Waals surface area contributed by atoms with Crippen LogP contribution in [0.1, 0.15) is 17.7 Å². The number of pyridine rings is 1. The minimum atomic E-state index is -2.64. The maximum atomic E-state index is 12.4. The number of aromatic nitrogens is 1. The average molecular weight is 338 g/mol. The first-order valence-corrected chi connectivity index (χ1v) is 5.24. The highest BCUT2D eigenvalue weighted by molar-refractivity contribution is 14.1. The van der Waals surface area contributed by atoms with Crippen molar-refractivity contribution in [2.75, 3.05) is 0 Å². The smallest absolute Gasteiger partial charge is 0.240 e. The molecule has 0 N–H and O–H groups in total. The van der Waals surface area contributed by atoms with Gasteiger partial charge in [-0.1, -0.05) is 11.6 Å². The second-order valence-corrected chi connectivity index (χ2v) is 4.00. The quantitative estimate of drug-likeness (QED) is 0.451. The van der Waals surface area contributed by atoms with E-state index in [2.05, 4.69) is 4.98 Å². The van der Waals surface area contributed by atoms with Crippen molar-refractivity contribution in [3.63, 3.8) is 0 Å². The minimum Gasteiger partial charge on any atom is -0.240 e. The number of halogens is 5. The number of nitrogens with zero attached hydrogens (tertiary/aromatic N) is 1. The predicted octanol–water partition coefficient (Wildman–Crippen LogP) is 4.02. The number of hydrogen-bond donors (Lipinski definition) is 0. The SMILES string of the molecule is FC(F)c1nc(I)cc(Cl)c1CCl. The maximum absolute atomic E-state index is 12.4. The summed E-state index contributed by atoms with van der Waals surface area (Å²) in [7, 11) is 0. The third kappa shape index (κ3) is 2.63. The molecule has 0 fully saturated rings. The fourth-order valence-corrected chi connectivity index (χ4v) is 2.21. The van der Waals surface area contributed by atoms with Gasteiger partial charge in [0.2, 0.25) is 0 Å². The first-order valence-electron chi connectivity index (χ1n) is 3.25. The highest BCUT2D eigenvalue weighted by Gasteiger charge is 2.17.